The van der Waals surface area contributed by atoms with Crippen LogP contribution in [0.5, 0.6) is 5.75 Å². The van der Waals surface area contributed by atoms with Gasteiger partial charge in [0.25, 0.3) is 0 Å². The van der Waals surface area contributed by atoms with Gasteiger partial charge >= 0.3 is 6.18 Å². The molecule has 0 amide bonds. The van der Waals surface area contributed by atoms with Crippen LogP contribution in [0.1, 0.15) is 32.0 Å². The Kier molecular flexibility index (Phi) is 8.89. The van der Waals surface area contributed by atoms with E-state index in [-0.39, 0.29) is 34.9 Å². The largest absolute Gasteiger partial charge is 0.512 e. The quantitative estimate of drug-likeness (QED) is 0.235. The molecule has 1 aromatic heterocycles. The molecule has 2 aliphatic heterocycles. The summed E-state index contributed by atoms with van der Waals surface area (Å²) in [5.74, 6) is 1.17. The lowest BCUT2D eigenvalue weighted by atomic mass is 9.72. The maximum Gasteiger partial charge on any atom is 0.403 e. The van der Waals surface area contributed by atoms with Crippen molar-refractivity contribution >= 4 is 28.7 Å². The van der Waals surface area contributed by atoms with Gasteiger partial charge in [0, 0.05) is 55.0 Å². The number of allylic oxidation sites excluding steroid dienone is 2. The first-order valence-corrected chi connectivity index (χ1v) is 13.7. The molecule has 13 heteroatoms. The average molecular weight is 597 g/mol. The maximum absolute atomic E-state index is 13.2. The highest BCUT2D eigenvalue weighted by Gasteiger charge is 2.56. The Labute approximate surface area is 242 Å². The molecule has 41 heavy (non-hydrogen) atoms. The second-order valence-corrected chi connectivity index (χ2v) is 11.5. The zero-order valence-electron chi connectivity index (χ0n) is 23.7. The van der Waals surface area contributed by atoms with Crippen LogP contribution in [0.25, 0.3) is 17.0 Å². The molecule has 0 radical (unpaired) electrons. The minimum absolute atomic E-state index is 0.0522. The lowest BCUT2D eigenvalue weighted by molar-refractivity contribution is -0.207. The number of anilines is 1. The topological polar surface area (TPSA) is 118 Å². The number of rotatable bonds is 10. The Balaban J connectivity index is 1.68. The summed E-state index contributed by atoms with van der Waals surface area (Å²) >= 11 is 6.57. The Morgan fingerprint density at radius 1 is 1.22 bits per heavy atom. The summed E-state index contributed by atoms with van der Waals surface area (Å²) in [6.45, 7) is 8.16. The molecule has 0 saturated carbocycles. The first kappa shape index (κ1) is 31.0. The number of likely N-dealkylation sites (N-methyl/N-ethyl adjacent to an activating group) is 1. The predicted octanol–water partition coefficient (Wildman–Crippen LogP) is 4.47. The number of nitrogens with zero attached hydrogens (tertiary/aromatic N) is 4. The molecule has 2 saturated heterocycles. The SMILES string of the molecule is CNC[C@@H](O)COc1ccc(Cl)c(-c2nc(/C(C(C)=N)=C(\C)O)c(C)c(N3CC4(C3)CN([C@@H](C)C(F)(F)F)C4)n2)c1. The van der Waals surface area contributed by atoms with Crippen LogP contribution in [-0.2, 0) is 0 Å². The zero-order chi connectivity index (χ0) is 30.3. The van der Waals surface area contributed by atoms with Crippen LogP contribution in [0.3, 0.4) is 0 Å². The van der Waals surface area contributed by atoms with E-state index in [2.05, 4.69) is 5.32 Å². The third kappa shape index (κ3) is 6.45. The number of hydrogen-bond acceptors (Lipinski definition) is 9. The van der Waals surface area contributed by atoms with Crippen molar-refractivity contribution in [3.63, 3.8) is 0 Å². The van der Waals surface area contributed by atoms with Crippen molar-refractivity contribution in [1.82, 2.24) is 20.2 Å². The first-order chi connectivity index (χ1) is 19.2. The Hall–Kier alpha value is -2.93. The smallest absolute Gasteiger partial charge is 0.403 e. The zero-order valence-corrected chi connectivity index (χ0v) is 24.5. The highest BCUT2D eigenvalue weighted by molar-refractivity contribution is 6.33. The van der Waals surface area contributed by atoms with Crippen LogP contribution in [0.15, 0.2) is 24.0 Å². The third-order valence-corrected chi connectivity index (χ3v) is 7.93. The van der Waals surface area contributed by atoms with Crippen molar-refractivity contribution in [2.75, 3.05) is 51.3 Å². The highest BCUT2D eigenvalue weighted by atomic mass is 35.5. The fourth-order valence-corrected chi connectivity index (χ4v) is 5.66. The summed E-state index contributed by atoms with van der Waals surface area (Å²) < 4.78 is 45.3. The number of hydrogen-bond donors (Lipinski definition) is 4. The van der Waals surface area contributed by atoms with Gasteiger partial charge in [-0.3, -0.25) is 4.90 Å². The van der Waals surface area contributed by atoms with Gasteiger partial charge in [0.2, 0.25) is 0 Å². The summed E-state index contributed by atoms with van der Waals surface area (Å²) in [7, 11) is 1.73. The monoisotopic (exact) mass is 596 g/mol. The Bertz CT molecular complexity index is 1330. The molecule has 1 spiro atoms. The summed E-state index contributed by atoms with van der Waals surface area (Å²) in [6, 6.07) is 3.48. The van der Waals surface area contributed by atoms with Gasteiger partial charge < -0.3 is 30.6 Å². The Morgan fingerprint density at radius 3 is 2.44 bits per heavy atom. The normalized spacial score (nSPS) is 18.8. The van der Waals surface area contributed by atoms with Crippen molar-refractivity contribution in [2.45, 2.75) is 46.0 Å². The van der Waals surface area contributed by atoms with E-state index in [1.54, 1.807) is 39.1 Å². The Morgan fingerprint density at radius 2 is 1.88 bits per heavy atom. The molecular formula is C28H36ClF3N6O3. The second kappa shape index (κ2) is 11.7. The number of likely N-dealkylation sites (tertiary alicyclic amines) is 1. The third-order valence-electron chi connectivity index (χ3n) is 7.61. The molecule has 1 aromatic carbocycles. The van der Waals surface area contributed by atoms with Crippen LogP contribution in [-0.4, -0.2) is 95.5 Å². The molecular weight excluding hydrogens is 561 g/mol. The summed E-state index contributed by atoms with van der Waals surface area (Å²) in [4.78, 5) is 13.0. The molecule has 0 bridgehead atoms. The van der Waals surface area contributed by atoms with Gasteiger partial charge in [-0.15, -0.1) is 0 Å². The molecule has 4 N–H and O–H groups in total. The number of alkyl halides is 3. The average Bonchev–Trinajstić information content (AvgIpc) is 2.82. The predicted molar refractivity (Wildman–Crippen MR) is 153 cm³/mol. The number of aliphatic hydroxyl groups is 2. The van der Waals surface area contributed by atoms with Gasteiger partial charge in [-0.1, -0.05) is 11.6 Å². The van der Waals surface area contributed by atoms with Gasteiger partial charge in [-0.25, -0.2) is 9.97 Å². The summed E-state index contributed by atoms with van der Waals surface area (Å²) in [5.41, 5.74) is 1.58. The summed E-state index contributed by atoms with van der Waals surface area (Å²) in [5, 5.41) is 32.0. The van der Waals surface area contributed by atoms with Gasteiger partial charge in [0.1, 0.15) is 36.1 Å². The molecule has 0 unspecified atom stereocenters. The summed E-state index contributed by atoms with van der Waals surface area (Å²) in [6.07, 6.45) is -4.99. The van der Waals surface area contributed by atoms with E-state index in [4.69, 9.17) is 31.7 Å². The van der Waals surface area contributed by atoms with Gasteiger partial charge in [-0.2, -0.15) is 13.2 Å². The van der Waals surface area contributed by atoms with E-state index >= 15 is 0 Å². The fourth-order valence-electron chi connectivity index (χ4n) is 5.46. The maximum atomic E-state index is 13.2. The molecule has 0 aliphatic carbocycles. The molecule has 2 aliphatic rings. The lowest BCUT2D eigenvalue weighted by Crippen LogP contribution is -2.74. The van der Waals surface area contributed by atoms with Gasteiger partial charge in [0.15, 0.2) is 5.82 Å². The number of benzene rings is 1. The number of ether oxygens (including phenoxy) is 1. The van der Waals surface area contributed by atoms with Crippen LogP contribution in [0, 0.1) is 17.7 Å². The van der Waals surface area contributed by atoms with Crippen LogP contribution in [0.4, 0.5) is 19.0 Å². The van der Waals surface area contributed by atoms with Crippen molar-refractivity contribution in [1.29, 1.82) is 5.41 Å². The number of aromatic nitrogens is 2. The van der Waals surface area contributed by atoms with Crippen molar-refractivity contribution in [3.8, 4) is 17.1 Å². The minimum Gasteiger partial charge on any atom is -0.512 e. The van der Waals surface area contributed by atoms with Gasteiger partial charge in [-0.05, 0) is 52.9 Å². The number of halogens is 4. The molecule has 224 valence electrons. The minimum atomic E-state index is -4.27. The van der Waals surface area contributed by atoms with E-state index in [9.17, 15) is 23.4 Å². The van der Waals surface area contributed by atoms with Crippen molar-refractivity contribution in [3.05, 3.63) is 40.2 Å². The van der Waals surface area contributed by atoms with Gasteiger partial charge in [0.05, 0.1) is 16.3 Å². The molecule has 2 atom stereocenters. The van der Waals surface area contributed by atoms with Crippen molar-refractivity contribution in [2.24, 2.45) is 5.41 Å². The molecule has 3 heterocycles. The van der Waals surface area contributed by atoms with E-state index in [0.717, 1.165) is 0 Å². The van der Waals surface area contributed by atoms with Crippen LogP contribution in [0.2, 0.25) is 5.02 Å². The second-order valence-electron chi connectivity index (χ2n) is 11.1. The van der Waals surface area contributed by atoms with Crippen LogP contribution >= 0.6 is 11.6 Å². The van der Waals surface area contributed by atoms with E-state index in [1.807, 2.05) is 4.90 Å². The van der Waals surface area contributed by atoms with E-state index in [1.165, 1.54) is 18.7 Å². The standard InChI is InChI=1S/C28H36ClF3N6O3/c1-15-24(23(16(2)33)17(3)39)35-25(21-8-20(6-7-22(21)29)41-10-19(40)9-34-5)36-26(15)38-13-27(14-38)11-37(12-27)18(4)28(30,31)32/h6-8,18-19,33-34,39-40H,9-14H2,1-5H3/b23-17+,33-16?/t18-,19+/m0/s1. The van der Waals surface area contributed by atoms with Crippen LogP contribution < -0.4 is 15.0 Å². The van der Waals surface area contributed by atoms with E-state index < -0.39 is 18.3 Å². The number of aliphatic hydroxyl groups excluding tert-OH is 2. The lowest BCUT2D eigenvalue weighted by Gasteiger charge is -2.62. The molecule has 2 aromatic rings. The van der Waals surface area contributed by atoms with Crippen molar-refractivity contribution < 1.29 is 28.1 Å². The number of nitrogens with one attached hydrogen (secondary N) is 2. The fraction of sp³-hybridized carbons (Fsp3) is 0.536. The molecule has 4 rings (SSSR count). The van der Waals surface area contributed by atoms with E-state index in [0.29, 0.717) is 66.1 Å². The first-order valence-electron chi connectivity index (χ1n) is 13.3. The highest BCUT2D eigenvalue weighted by Crippen LogP contribution is 2.46. The molecule has 9 nitrogen and oxygen atoms in total. The molecule has 2 fully saturated rings.